The highest BCUT2D eigenvalue weighted by molar-refractivity contribution is 7.12. The van der Waals surface area contributed by atoms with Gasteiger partial charge in [0.2, 0.25) is 5.78 Å². The molecule has 0 aliphatic carbocycles. The summed E-state index contributed by atoms with van der Waals surface area (Å²) in [6.45, 7) is 0. The molecule has 130 valence electrons. The molecule has 0 bridgehead atoms. The number of thiophene rings is 1. The summed E-state index contributed by atoms with van der Waals surface area (Å²) in [5, 5.41) is 6.27. The normalized spacial score (nSPS) is 10.8. The molecule has 0 radical (unpaired) electrons. The zero-order chi connectivity index (χ0) is 18.1. The Morgan fingerprint density at radius 1 is 1.15 bits per heavy atom. The Bertz CT molecular complexity index is 1090. The van der Waals surface area contributed by atoms with Crippen LogP contribution in [0.15, 0.2) is 54.2 Å². The maximum absolute atomic E-state index is 12.7. The van der Waals surface area contributed by atoms with Crippen LogP contribution in [0.4, 0.5) is 0 Å². The summed E-state index contributed by atoms with van der Waals surface area (Å²) in [5.74, 6) is 1.27. The Hall–Kier alpha value is -3.19. The Labute approximate surface area is 153 Å². The molecule has 0 atom stereocenters. The van der Waals surface area contributed by atoms with Crippen molar-refractivity contribution in [1.29, 1.82) is 0 Å². The molecule has 0 saturated heterocycles. The van der Waals surface area contributed by atoms with Gasteiger partial charge in [-0.15, -0.1) is 11.3 Å². The number of rotatable bonds is 5. The molecule has 0 aliphatic heterocycles. The summed E-state index contributed by atoms with van der Waals surface area (Å²) in [4.78, 5) is 17.7. The van der Waals surface area contributed by atoms with E-state index in [4.69, 9.17) is 9.47 Å². The minimum Gasteiger partial charge on any atom is -0.497 e. The van der Waals surface area contributed by atoms with Gasteiger partial charge in [-0.3, -0.25) is 4.79 Å². The van der Waals surface area contributed by atoms with Gasteiger partial charge in [0.25, 0.3) is 0 Å². The summed E-state index contributed by atoms with van der Waals surface area (Å²) >= 11 is 1.40. The van der Waals surface area contributed by atoms with E-state index >= 15 is 0 Å². The first-order chi connectivity index (χ1) is 12.7. The highest BCUT2D eigenvalue weighted by Gasteiger charge is 2.19. The molecule has 0 N–H and O–H groups in total. The van der Waals surface area contributed by atoms with Gasteiger partial charge in [-0.2, -0.15) is 5.10 Å². The van der Waals surface area contributed by atoms with Gasteiger partial charge >= 0.3 is 0 Å². The summed E-state index contributed by atoms with van der Waals surface area (Å²) in [6, 6.07) is 11.0. The molecule has 0 saturated carbocycles. The van der Waals surface area contributed by atoms with Crippen molar-refractivity contribution < 1.29 is 14.3 Å². The van der Waals surface area contributed by atoms with Gasteiger partial charge in [0.05, 0.1) is 36.6 Å². The Kier molecular flexibility index (Phi) is 4.14. The van der Waals surface area contributed by atoms with Gasteiger partial charge < -0.3 is 9.47 Å². The van der Waals surface area contributed by atoms with Crippen molar-refractivity contribution in [3.63, 3.8) is 0 Å². The second-order valence-corrected chi connectivity index (χ2v) is 6.44. The quantitative estimate of drug-likeness (QED) is 0.505. The predicted molar refractivity (Wildman–Crippen MR) is 99.3 cm³/mol. The zero-order valence-electron chi connectivity index (χ0n) is 14.2. The number of nitrogens with zero attached hydrogens (tertiary/aromatic N) is 3. The summed E-state index contributed by atoms with van der Waals surface area (Å²) in [5.41, 5.74) is 2.60. The van der Waals surface area contributed by atoms with E-state index in [2.05, 4.69) is 10.1 Å². The molecule has 3 aromatic heterocycles. The van der Waals surface area contributed by atoms with E-state index in [1.807, 2.05) is 35.7 Å². The van der Waals surface area contributed by atoms with Gasteiger partial charge in [-0.1, -0.05) is 6.07 Å². The van der Waals surface area contributed by atoms with Crippen LogP contribution in [0.2, 0.25) is 0 Å². The molecule has 0 fully saturated rings. The van der Waals surface area contributed by atoms with Crippen molar-refractivity contribution in [1.82, 2.24) is 14.6 Å². The third-order valence-electron chi connectivity index (χ3n) is 4.08. The standard InChI is InChI=1S/C19H15N3O3S/c1-24-12-5-6-13(16(10-12)25-2)15-7-8-20-19-14(11-21-22(15)19)18(23)17-4-3-9-26-17/h3-11H,1-2H3. The lowest BCUT2D eigenvalue weighted by atomic mass is 10.1. The lowest BCUT2D eigenvalue weighted by Crippen LogP contribution is -2.01. The maximum atomic E-state index is 12.7. The van der Waals surface area contributed by atoms with E-state index in [9.17, 15) is 4.79 Å². The van der Waals surface area contributed by atoms with Crippen molar-refractivity contribution in [3.05, 3.63) is 64.6 Å². The van der Waals surface area contributed by atoms with Gasteiger partial charge in [-0.25, -0.2) is 9.50 Å². The van der Waals surface area contributed by atoms with Crippen molar-refractivity contribution in [2.75, 3.05) is 14.2 Å². The molecule has 3 heterocycles. The highest BCUT2D eigenvalue weighted by Crippen LogP contribution is 2.33. The number of ether oxygens (including phenoxy) is 2. The van der Waals surface area contributed by atoms with Gasteiger partial charge in [0.1, 0.15) is 11.5 Å². The van der Waals surface area contributed by atoms with E-state index in [-0.39, 0.29) is 5.78 Å². The lowest BCUT2D eigenvalue weighted by Gasteiger charge is -2.11. The van der Waals surface area contributed by atoms with Crippen molar-refractivity contribution in [2.24, 2.45) is 0 Å². The molecule has 6 nitrogen and oxygen atoms in total. The fourth-order valence-corrected chi connectivity index (χ4v) is 3.48. The zero-order valence-corrected chi connectivity index (χ0v) is 15.0. The van der Waals surface area contributed by atoms with Crippen LogP contribution in [-0.2, 0) is 0 Å². The third-order valence-corrected chi connectivity index (χ3v) is 4.94. The van der Waals surface area contributed by atoms with Crippen molar-refractivity contribution >= 4 is 22.8 Å². The molecular weight excluding hydrogens is 350 g/mol. The fraction of sp³-hybridized carbons (Fsp3) is 0.105. The van der Waals surface area contributed by atoms with Gasteiger partial charge in [0, 0.05) is 17.8 Å². The Morgan fingerprint density at radius 3 is 2.77 bits per heavy atom. The number of carbonyl (C=O) groups is 1. The SMILES string of the molecule is COc1ccc(-c2ccnc3c(C(=O)c4cccs4)cnn23)c(OC)c1. The second-order valence-electron chi connectivity index (χ2n) is 5.50. The minimum atomic E-state index is -0.0821. The Balaban J connectivity index is 1.87. The topological polar surface area (TPSA) is 65.7 Å². The minimum absolute atomic E-state index is 0.0821. The Morgan fingerprint density at radius 2 is 2.04 bits per heavy atom. The van der Waals surface area contributed by atoms with Crippen LogP contribution in [0.5, 0.6) is 11.5 Å². The van der Waals surface area contributed by atoms with Crippen LogP contribution in [0.1, 0.15) is 15.2 Å². The molecule has 4 aromatic rings. The fourth-order valence-electron chi connectivity index (χ4n) is 2.81. The van der Waals surface area contributed by atoms with E-state index in [1.54, 1.807) is 37.2 Å². The molecule has 0 spiro atoms. The number of benzene rings is 1. The monoisotopic (exact) mass is 365 g/mol. The molecule has 1 aromatic carbocycles. The number of hydrogen-bond donors (Lipinski definition) is 0. The summed E-state index contributed by atoms with van der Waals surface area (Å²) in [7, 11) is 3.21. The molecule has 26 heavy (non-hydrogen) atoms. The van der Waals surface area contributed by atoms with Crippen LogP contribution in [0, 0.1) is 0 Å². The number of fused-ring (bicyclic) bond motifs is 1. The van der Waals surface area contributed by atoms with Crippen LogP contribution < -0.4 is 9.47 Å². The van der Waals surface area contributed by atoms with Crippen molar-refractivity contribution in [3.8, 4) is 22.8 Å². The van der Waals surface area contributed by atoms with Crippen molar-refractivity contribution in [2.45, 2.75) is 0 Å². The van der Waals surface area contributed by atoms with Crippen LogP contribution in [-0.4, -0.2) is 34.6 Å². The molecule has 4 rings (SSSR count). The predicted octanol–water partition coefficient (Wildman–Crippen LogP) is 3.71. The third kappa shape index (κ3) is 2.62. The van der Waals surface area contributed by atoms with Crippen LogP contribution in [0.3, 0.4) is 0 Å². The molecule has 7 heteroatoms. The smallest absolute Gasteiger partial charge is 0.208 e. The largest absolute Gasteiger partial charge is 0.497 e. The van der Waals surface area contributed by atoms with E-state index < -0.39 is 0 Å². The second kappa shape index (κ2) is 6.61. The summed E-state index contributed by atoms with van der Waals surface area (Å²) < 4.78 is 12.4. The molecule has 0 aliphatic rings. The number of aromatic nitrogens is 3. The molecular formula is C19H15N3O3S. The first-order valence-electron chi connectivity index (χ1n) is 7.86. The van der Waals surface area contributed by atoms with E-state index in [0.717, 1.165) is 11.3 Å². The first kappa shape index (κ1) is 16.3. The van der Waals surface area contributed by atoms with Gasteiger partial charge in [-0.05, 0) is 29.6 Å². The average Bonchev–Trinajstić information content (AvgIpc) is 3.36. The number of hydrogen-bond acceptors (Lipinski definition) is 6. The number of methoxy groups -OCH3 is 2. The average molecular weight is 365 g/mol. The maximum Gasteiger partial charge on any atom is 0.208 e. The molecule has 0 amide bonds. The van der Waals surface area contributed by atoms with Crippen LogP contribution in [0.25, 0.3) is 16.9 Å². The number of ketones is 1. The highest BCUT2D eigenvalue weighted by atomic mass is 32.1. The van der Waals surface area contributed by atoms with Crippen LogP contribution >= 0.6 is 11.3 Å². The molecule has 0 unspecified atom stereocenters. The van der Waals surface area contributed by atoms with Gasteiger partial charge in [0.15, 0.2) is 5.65 Å². The van der Waals surface area contributed by atoms with E-state index in [1.165, 1.54) is 11.3 Å². The van der Waals surface area contributed by atoms with E-state index in [0.29, 0.717) is 27.6 Å². The number of carbonyl (C=O) groups excluding carboxylic acids is 1. The summed E-state index contributed by atoms with van der Waals surface area (Å²) in [6.07, 6.45) is 3.23. The first-order valence-corrected chi connectivity index (χ1v) is 8.74. The lowest BCUT2D eigenvalue weighted by molar-refractivity contribution is 0.104.